The highest BCUT2D eigenvalue weighted by molar-refractivity contribution is 9.10. The fourth-order valence-electron chi connectivity index (χ4n) is 2.29. The number of fused-ring (bicyclic) bond motifs is 1. The Morgan fingerprint density at radius 1 is 1.24 bits per heavy atom. The lowest BCUT2D eigenvalue weighted by Crippen LogP contribution is -2.24. The number of para-hydroxylation sites is 1. The summed E-state index contributed by atoms with van der Waals surface area (Å²) in [7, 11) is 0. The van der Waals surface area contributed by atoms with E-state index in [1.54, 1.807) is 37.3 Å². The van der Waals surface area contributed by atoms with Crippen LogP contribution in [0.3, 0.4) is 0 Å². The topological polar surface area (TPSA) is 34.9 Å². The number of halogens is 2. The van der Waals surface area contributed by atoms with E-state index in [0.29, 0.717) is 26.8 Å². The highest BCUT2D eigenvalue weighted by atomic mass is 79.9. The molecule has 0 aliphatic heterocycles. The number of nitrogens with zero attached hydrogens (tertiary/aromatic N) is 2. The predicted octanol–water partition coefficient (Wildman–Crippen LogP) is 3.65. The molecule has 1 aromatic heterocycles. The van der Waals surface area contributed by atoms with Gasteiger partial charge < -0.3 is 0 Å². The Morgan fingerprint density at radius 2 is 2.00 bits per heavy atom. The van der Waals surface area contributed by atoms with Crippen LogP contribution >= 0.6 is 15.9 Å². The molecule has 0 radical (unpaired) electrons. The Morgan fingerprint density at radius 3 is 2.76 bits per heavy atom. The van der Waals surface area contributed by atoms with Crippen molar-refractivity contribution in [2.24, 2.45) is 0 Å². The van der Waals surface area contributed by atoms with E-state index < -0.39 is 0 Å². The number of aryl methyl sites for hydroxylation is 1. The van der Waals surface area contributed by atoms with E-state index in [9.17, 15) is 9.18 Å². The van der Waals surface area contributed by atoms with Gasteiger partial charge in [-0.25, -0.2) is 9.37 Å². The monoisotopic (exact) mass is 346 g/mol. The van der Waals surface area contributed by atoms with Crippen LogP contribution in [0.2, 0.25) is 0 Å². The Kier molecular flexibility index (Phi) is 3.59. The van der Waals surface area contributed by atoms with Gasteiger partial charge in [-0.2, -0.15) is 0 Å². The van der Waals surface area contributed by atoms with Crippen LogP contribution in [0, 0.1) is 12.7 Å². The maximum Gasteiger partial charge on any atom is 0.261 e. The van der Waals surface area contributed by atoms with Gasteiger partial charge in [-0.15, -0.1) is 0 Å². The normalized spacial score (nSPS) is 11.0. The summed E-state index contributed by atoms with van der Waals surface area (Å²) in [5.74, 6) is 0.227. The molecule has 0 fully saturated rings. The minimum Gasteiger partial charge on any atom is -0.292 e. The molecule has 106 valence electrons. The molecule has 0 aliphatic carbocycles. The highest BCUT2D eigenvalue weighted by Crippen LogP contribution is 2.16. The predicted molar refractivity (Wildman–Crippen MR) is 83.9 cm³/mol. The summed E-state index contributed by atoms with van der Waals surface area (Å²) in [5, 5.41) is 0.542. The Labute approximate surface area is 129 Å². The molecule has 0 saturated heterocycles. The first-order valence-corrected chi connectivity index (χ1v) is 7.25. The van der Waals surface area contributed by atoms with Crippen molar-refractivity contribution in [1.29, 1.82) is 0 Å². The van der Waals surface area contributed by atoms with E-state index in [2.05, 4.69) is 20.9 Å². The van der Waals surface area contributed by atoms with Crippen molar-refractivity contribution in [3.63, 3.8) is 0 Å². The highest BCUT2D eigenvalue weighted by Gasteiger charge is 2.10. The summed E-state index contributed by atoms with van der Waals surface area (Å²) < 4.78 is 16.1. The van der Waals surface area contributed by atoms with E-state index in [4.69, 9.17) is 0 Å². The molecule has 0 spiro atoms. The van der Waals surface area contributed by atoms with Crippen LogP contribution in [0.1, 0.15) is 11.4 Å². The number of hydrogen-bond donors (Lipinski definition) is 0. The van der Waals surface area contributed by atoms with Crippen LogP contribution in [-0.4, -0.2) is 9.55 Å². The molecule has 3 nitrogen and oxygen atoms in total. The van der Waals surface area contributed by atoms with Crippen molar-refractivity contribution in [1.82, 2.24) is 9.55 Å². The van der Waals surface area contributed by atoms with Gasteiger partial charge >= 0.3 is 0 Å². The number of hydrogen-bond acceptors (Lipinski definition) is 2. The summed E-state index contributed by atoms with van der Waals surface area (Å²) in [5.41, 5.74) is 0.966. The second-order valence-corrected chi connectivity index (χ2v) is 5.72. The molecule has 0 saturated carbocycles. The summed E-state index contributed by atoms with van der Waals surface area (Å²) >= 11 is 3.22. The van der Waals surface area contributed by atoms with Gasteiger partial charge in [-0.3, -0.25) is 9.36 Å². The minimum absolute atomic E-state index is 0.152. The van der Waals surface area contributed by atoms with Gasteiger partial charge in [0.2, 0.25) is 0 Å². The summed E-state index contributed by atoms with van der Waals surface area (Å²) in [6, 6.07) is 12.0. The molecule has 0 amide bonds. The Bertz CT molecular complexity index is 889. The number of aromatic nitrogens is 2. The first kappa shape index (κ1) is 13.9. The lowest BCUT2D eigenvalue weighted by atomic mass is 10.2. The van der Waals surface area contributed by atoms with E-state index in [1.807, 2.05) is 6.07 Å². The van der Waals surface area contributed by atoms with Crippen LogP contribution in [0.4, 0.5) is 4.39 Å². The van der Waals surface area contributed by atoms with Crippen LogP contribution in [0.25, 0.3) is 10.9 Å². The van der Waals surface area contributed by atoms with Gasteiger partial charge in [-0.05, 0) is 31.2 Å². The van der Waals surface area contributed by atoms with Crippen molar-refractivity contribution in [2.75, 3.05) is 0 Å². The third-order valence-electron chi connectivity index (χ3n) is 3.40. The van der Waals surface area contributed by atoms with Crippen molar-refractivity contribution in [2.45, 2.75) is 13.5 Å². The van der Waals surface area contributed by atoms with Gasteiger partial charge in [0.15, 0.2) is 0 Å². The Hall–Kier alpha value is -2.01. The molecule has 2 aromatic carbocycles. The van der Waals surface area contributed by atoms with Crippen molar-refractivity contribution in [3.8, 4) is 0 Å². The fourth-order valence-corrected chi connectivity index (χ4v) is 2.62. The molecule has 0 atom stereocenters. The smallest absolute Gasteiger partial charge is 0.261 e. The SMILES string of the molecule is Cc1nc2ccccc2c(=O)n1Cc1ccc(Br)cc1F. The minimum atomic E-state index is -0.344. The van der Waals surface area contributed by atoms with Crippen molar-refractivity contribution in [3.05, 3.63) is 74.5 Å². The zero-order valence-electron chi connectivity index (χ0n) is 11.3. The van der Waals surface area contributed by atoms with Crippen LogP contribution < -0.4 is 5.56 Å². The zero-order chi connectivity index (χ0) is 15.0. The fraction of sp³-hybridized carbons (Fsp3) is 0.125. The first-order chi connectivity index (χ1) is 10.1. The summed E-state index contributed by atoms with van der Waals surface area (Å²) in [6.07, 6.45) is 0. The number of benzene rings is 2. The number of rotatable bonds is 2. The first-order valence-electron chi connectivity index (χ1n) is 6.46. The molecule has 1 heterocycles. The second-order valence-electron chi connectivity index (χ2n) is 4.80. The lowest BCUT2D eigenvalue weighted by molar-refractivity contribution is 0.590. The van der Waals surface area contributed by atoms with Gasteiger partial charge in [-0.1, -0.05) is 34.1 Å². The maximum absolute atomic E-state index is 13.9. The van der Waals surface area contributed by atoms with Crippen LogP contribution in [-0.2, 0) is 6.54 Å². The molecule has 3 rings (SSSR count). The van der Waals surface area contributed by atoms with E-state index in [1.165, 1.54) is 10.6 Å². The molecule has 0 N–H and O–H groups in total. The van der Waals surface area contributed by atoms with Gasteiger partial charge in [0.05, 0.1) is 17.4 Å². The van der Waals surface area contributed by atoms with E-state index in [-0.39, 0.29) is 17.9 Å². The standard InChI is InChI=1S/C16H12BrFN2O/c1-10-19-15-5-3-2-4-13(15)16(21)20(10)9-11-6-7-12(17)8-14(11)18/h2-8H,9H2,1H3. The van der Waals surface area contributed by atoms with Gasteiger partial charge in [0.25, 0.3) is 5.56 Å². The van der Waals surface area contributed by atoms with E-state index in [0.717, 1.165) is 0 Å². The quantitative estimate of drug-likeness (QED) is 0.709. The summed E-state index contributed by atoms with van der Waals surface area (Å²) in [6.45, 7) is 1.92. The zero-order valence-corrected chi connectivity index (χ0v) is 12.9. The third kappa shape index (κ3) is 2.61. The summed E-state index contributed by atoms with van der Waals surface area (Å²) in [4.78, 5) is 16.9. The van der Waals surface area contributed by atoms with Crippen molar-refractivity contribution < 1.29 is 4.39 Å². The third-order valence-corrected chi connectivity index (χ3v) is 3.89. The molecule has 0 aliphatic rings. The Balaban J connectivity index is 2.14. The lowest BCUT2D eigenvalue weighted by Gasteiger charge is -2.11. The van der Waals surface area contributed by atoms with Crippen molar-refractivity contribution >= 4 is 26.8 Å². The molecule has 21 heavy (non-hydrogen) atoms. The average Bonchev–Trinajstić information content (AvgIpc) is 2.45. The molecule has 3 aromatic rings. The molecular weight excluding hydrogens is 335 g/mol. The molecule has 0 bridgehead atoms. The van der Waals surface area contributed by atoms with Gasteiger partial charge in [0, 0.05) is 10.0 Å². The van der Waals surface area contributed by atoms with E-state index >= 15 is 0 Å². The second kappa shape index (κ2) is 5.41. The average molecular weight is 347 g/mol. The largest absolute Gasteiger partial charge is 0.292 e. The van der Waals surface area contributed by atoms with Crippen LogP contribution in [0.5, 0.6) is 0 Å². The molecular formula is C16H12BrFN2O. The molecule has 0 unspecified atom stereocenters. The molecule has 5 heteroatoms. The van der Waals surface area contributed by atoms with Crippen LogP contribution in [0.15, 0.2) is 51.7 Å². The van der Waals surface area contributed by atoms with Gasteiger partial charge in [0.1, 0.15) is 11.6 Å². The maximum atomic E-state index is 13.9.